The fourth-order valence-electron chi connectivity index (χ4n) is 1.70. The number of benzene rings is 1. The Morgan fingerprint density at radius 2 is 2.18 bits per heavy atom. The first-order valence-electron chi connectivity index (χ1n) is 5.16. The number of phenolic OH excluding ortho intramolecular Hbond substituents is 1. The summed E-state index contributed by atoms with van der Waals surface area (Å²) in [6.45, 7) is 1.15. The van der Waals surface area contributed by atoms with Gasteiger partial charge in [0.25, 0.3) is 0 Å². The van der Waals surface area contributed by atoms with Crippen LogP contribution < -0.4 is 0 Å². The van der Waals surface area contributed by atoms with E-state index in [-0.39, 0.29) is 24.8 Å². The summed E-state index contributed by atoms with van der Waals surface area (Å²) in [5.74, 6) is -0.931. The van der Waals surface area contributed by atoms with Gasteiger partial charge in [-0.25, -0.2) is 0 Å². The van der Waals surface area contributed by atoms with Crippen LogP contribution in [-0.4, -0.2) is 28.3 Å². The van der Waals surface area contributed by atoms with Crippen LogP contribution in [0.3, 0.4) is 0 Å². The molecule has 0 fully saturated rings. The molecule has 0 aliphatic rings. The number of nitrogens with zero attached hydrogens (tertiary/aromatic N) is 1. The molecule has 0 radical (unpaired) electrons. The molecular weight excluding hydrogens is 246 g/mol. The van der Waals surface area contributed by atoms with Gasteiger partial charge >= 0.3 is 0 Å². The van der Waals surface area contributed by atoms with Crippen LogP contribution in [0.15, 0.2) is 18.2 Å². The first kappa shape index (κ1) is 13.7. The van der Waals surface area contributed by atoms with Gasteiger partial charge in [-0.05, 0) is 24.1 Å². The van der Waals surface area contributed by atoms with Crippen molar-refractivity contribution in [3.05, 3.63) is 38.9 Å². The van der Waals surface area contributed by atoms with Gasteiger partial charge in [0, 0.05) is 22.1 Å². The SMILES string of the molecule is CC(CO)C(C[N+](=O)[O-])c1cc(Cl)ccc1O. The van der Waals surface area contributed by atoms with Crippen LogP contribution in [0.4, 0.5) is 0 Å². The minimum atomic E-state index is -0.561. The van der Waals surface area contributed by atoms with Crippen LogP contribution >= 0.6 is 11.6 Å². The van der Waals surface area contributed by atoms with Gasteiger partial charge in [-0.1, -0.05) is 18.5 Å². The van der Waals surface area contributed by atoms with Gasteiger partial charge in [-0.2, -0.15) is 0 Å². The topological polar surface area (TPSA) is 83.6 Å². The molecule has 2 N–H and O–H groups in total. The van der Waals surface area contributed by atoms with Crippen molar-refractivity contribution in [3.63, 3.8) is 0 Å². The lowest BCUT2D eigenvalue weighted by atomic mass is 9.87. The molecule has 0 aliphatic heterocycles. The van der Waals surface area contributed by atoms with Gasteiger partial charge in [0.05, 0.1) is 5.92 Å². The first-order chi connectivity index (χ1) is 7.95. The Bertz CT molecular complexity index is 410. The van der Waals surface area contributed by atoms with Crippen LogP contribution in [-0.2, 0) is 0 Å². The molecule has 1 aromatic rings. The predicted octanol–water partition coefficient (Wildman–Crippen LogP) is 2.03. The number of hydrogen-bond donors (Lipinski definition) is 2. The highest BCUT2D eigenvalue weighted by Crippen LogP contribution is 2.33. The molecule has 17 heavy (non-hydrogen) atoms. The van der Waals surface area contributed by atoms with Gasteiger partial charge < -0.3 is 10.2 Å². The van der Waals surface area contributed by atoms with E-state index in [1.165, 1.54) is 18.2 Å². The zero-order chi connectivity index (χ0) is 13.0. The van der Waals surface area contributed by atoms with Crippen molar-refractivity contribution in [1.29, 1.82) is 0 Å². The summed E-state index contributed by atoms with van der Waals surface area (Å²) < 4.78 is 0. The Hall–Kier alpha value is -1.33. The Morgan fingerprint density at radius 3 is 2.71 bits per heavy atom. The summed E-state index contributed by atoms with van der Waals surface area (Å²) in [7, 11) is 0. The minimum Gasteiger partial charge on any atom is -0.508 e. The van der Waals surface area contributed by atoms with Crippen molar-refractivity contribution in [2.24, 2.45) is 5.92 Å². The van der Waals surface area contributed by atoms with Crippen molar-refractivity contribution < 1.29 is 15.1 Å². The average Bonchev–Trinajstić information content (AvgIpc) is 2.28. The lowest BCUT2D eigenvalue weighted by Gasteiger charge is -2.20. The molecule has 0 saturated carbocycles. The van der Waals surface area contributed by atoms with Gasteiger partial charge in [-0.15, -0.1) is 0 Å². The first-order valence-corrected chi connectivity index (χ1v) is 5.54. The second-order valence-electron chi connectivity index (χ2n) is 3.98. The number of halogens is 1. The van der Waals surface area contributed by atoms with Gasteiger partial charge in [0.1, 0.15) is 5.75 Å². The van der Waals surface area contributed by atoms with E-state index in [0.717, 1.165) is 0 Å². The molecule has 0 spiro atoms. The van der Waals surface area contributed by atoms with E-state index >= 15 is 0 Å². The summed E-state index contributed by atoms with van der Waals surface area (Å²) >= 11 is 5.80. The Kier molecular flexibility index (Phi) is 4.72. The van der Waals surface area contributed by atoms with Crippen LogP contribution in [0, 0.1) is 16.0 Å². The fraction of sp³-hybridized carbons (Fsp3) is 0.455. The van der Waals surface area contributed by atoms with E-state index in [4.69, 9.17) is 16.7 Å². The molecule has 1 rings (SSSR count). The normalized spacial score (nSPS) is 14.3. The maximum absolute atomic E-state index is 10.6. The van der Waals surface area contributed by atoms with E-state index in [2.05, 4.69) is 0 Å². The third kappa shape index (κ3) is 3.57. The number of aliphatic hydroxyl groups is 1. The summed E-state index contributed by atoms with van der Waals surface area (Å²) in [5.41, 5.74) is 0.399. The van der Waals surface area contributed by atoms with E-state index in [1.807, 2.05) is 0 Å². The van der Waals surface area contributed by atoms with E-state index < -0.39 is 10.8 Å². The Labute approximate surface area is 104 Å². The smallest absolute Gasteiger partial charge is 0.211 e. The lowest BCUT2D eigenvalue weighted by Crippen LogP contribution is -2.22. The third-order valence-electron chi connectivity index (χ3n) is 2.71. The summed E-state index contributed by atoms with van der Waals surface area (Å²) in [5, 5.41) is 29.8. The molecule has 2 unspecified atom stereocenters. The van der Waals surface area contributed by atoms with Gasteiger partial charge in [0.15, 0.2) is 0 Å². The number of phenols is 1. The molecule has 0 aliphatic carbocycles. The molecule has 2 atom stereocenters. The van der Waals surface area contributed by atoms with Gasteiger partial charge in [-0.3, -0.25) is 10.1 Å². The summed E-state index contributed by atoms with van der Waals surface area (Å²) in [4.78, 5) is 10.1. The predicted molar refractivity (Wildman–Crippen MR) is 64.0 cm³/mol. The lowest BCUT2D eigenvalue weighted by molar-refractivity contribution is -0.485. The van der Waals surface area contributed by atoms with Crippen molar-refractivity contribution in [1.82, 2.24) is 0 Å². The number of nitro groups is 1. The molecule has 0 amide bonds. The van der Waals surface area contributed by atoms with Crippen molar-refractivity contribution >= 4 is 11.6 Å². The molecule has 94 valence electrons. The zero-order valence-corrected chi connectivity index (χ0v) is 10.1. The molecule has 0 heterocycles. The van der Waals surface area contributed by atoms with Crippen LogP contribution in [0.25, 0.3) is 0 Å². The molecule has 5 nitrogen and oxygen atoms in total. The number of aromatic hydroxyl groups is 1. The number of hydrogen-bond acceptors (Lipinski definition) is 4. The maximum atomic E-state index is 10.6. The van der Waals surface area contributed by atoms with Crippen molar-refractivity contribution in [2.45, 2.75) is 12.8 Å². The quantitative estimate of drug-likeness (QED) is 0.626. The number of aliphatic hydroxyl groups excluding tert-OH is 1. The second-order valence-corrected chi connectivity index (χ2v) is 4.42. The van der Waals surface area contributed by atoms with Crippen LogP contribution in [0.1, 0.15) is 18.4 Å². The van der Waals surface area contributed by atoms with E-state index in [0.29, 0.717) is 10.6 Å². The van der Waals surface area contributed by atoms with Crippen LogP contribution in [0.2, 0.25) is 5.02 Å². The average molecular weight is 260 g/mol. The fourth-order valence-corrected chi connectivity index (χ4v) is 1.88. The molecule has 0 bridgehead atoms. The zero-order valence-electron chi connectivity index (χ0n) is 9.34. The number of rotatable bonds is 5. The Morgan fingerprint density at radius 1 is 1.53 bits per heavy atom. The highest BCUT2D eigenvalue weighted by atomic mass is 35.5. The highest BCUT2D eigenvalue weighted by molar-refractivity contribution is 6.30. The molecule has 6 heteroatoms. The summed E-state index contributed by atoms with van der Waals surface area (Å²) in [6, 6.07) is 4.40. The maximum Gasteiger partial charge on any atom is 0.211 e. The van der Waals surface area contributed by atoms with Crippen LogP contribution in [0.5, 0.6) is 5.75 Å². The van der Waals surface area contributed by atoms with E-state index in [1.54, 1.807) is 6.92 Å². The van der Waals surface area contributed by atoms with E-state index in [9.17, 15) is 15.2 Å². The molecule has 1 aromatic carbocycles. The van der Waals surface area contributed by atoms with Gasteiger partial charge in [0.2, 0.25) is 6.54 Å². The van der Waals surface area contributed by atoms with Crippen molar-refractivity contribution in [3.8, 4) is 5.75 Å². The molecule has 0 aromatic heterocycles. The van der Waals surface area contributed by atoms with Crippen molar-refractivity contribution in [2.75, 3.05) is 13.2 Å². The molecule has 0 saturated heterocycles. The highest BCUT2D eigenvalue weighted by Gasteiger charge is 2.26. The monoisotopic (exact) mass is 259 g/mol. The minimum absolute atomic E-state index is 0.0402. The summed E-state index contributed by atoms with van der Waals surface area (Å²) in [6.07, 6.45) is 0. The third-order valence-corrected chi connectivity index (χ3v) is 2.94. The Balaban J connectivity index is 3.11. The molecular formula is C11H14ClNO4. The second kappa shape index (κ2) is 5.84. The standard InChI is InChI=1S/C11H14ClNO4/c1-7(6-14)10(5-13(16)17)9-4-8(12)2-3-11(9)15/h2-4,7,10,14-15H,5-6H2,1H3. The largest absolute Gasteiger partial charge is 0.508 e.